The summed E-state index contributed by atoms with van der Waals surface area (Å²) in [7, 11) is 0. The summed E-state index contributed by atoms with van der Waals surface area (Å²) < 4.78 is 33.2. The third kappa shape index (κ3) is 3.06. The Labute approximate surface area is 125 Å². The molecule has 2 N–H and O–H groups in total. The average Bonchev–Trinajstić information content (AvgIpc) is 2.32. The number of halogens is 4. The smallest absolute Gasteiger partial charge is 0.201 e. The highest BCUT2D eigenvalue weighted by molar-refractivity contribution is 9.10. The van der Waals surface area contributed by atoms with Crippen molar-refractivity contribution >= 4 is 37.5 Å². The minimum absolute atomic E-state index is 0.197. The van der Waals surface area contributed by atoms with Gasteiger partial charge in [-0.05, 0) is 52.7 Å². The molecule has 0 amide bonds. The summed E-state index contributed by atoms with van der Waals surface area (Å²) in [4.78, 5) is 0. The predicted molar refractivity (Wildman–Crippen MR) is 77.4 cm³/mol. The molecule has 0 saturated heterocycles. The van der Waals surface area contributed by atoms with Gasteiger partial charge in [0.1, 0.15) is 5.75 Å². The minimum atomic E-state index is -1.04. The van der Waals surface area contributed by atoms with Gasteiger partial charge in [-0.25, -0.2) is 4.39 Å². The van der Waals surface area contributed by atoms with E-state index in [0.29, 0.717) is 20.4 Å². The number of anilines is 1. The molecule has 2 aromatic rings. The Morgan fingerprint density at radius 3 is 2.42 bits per heavy atom. The second-order valence-corrected chi connectivity index (χ2v) is 5.71. The molecule has 0 heterocycles. The van der Waals surface area contributed by atoms with Crippen LogP contribution in [0, 0.1) is 18.6 Å². The van der Waals surface area contributed by atoms with Gasteiger partial charge in [0, 0.05) is 10.2 Å². The maximum Gasteiger partial charge on any atom is 0.201 e. The first-order valence-corrected chi connectivity index (χ1v) is 6.85. The lowest BCUT2D eigenvalue weighted by atomic mass is 10.2. The monoisotopic (exact) mass is 391 g/mol. The van der Waals surface area contributed by atoms with Crippen LogP contribution in [0.15, 0.2) is 33.2 Å². The van der Waals surface area contributed by atoms with Crippen molar-refractivity contribution in [1.82, 2.24) is 0 Å². The Morgan fingerprint density at radius 1 is 1.05 bits per heavy atom. The molecular formula is C13H9Br2F2NO. The third-order valence-electron chi connectivity index (χ3n) is 2.50. The molecule has 6 heteroatoms. The predicted octanol–water partition coefficient (Wildman–Crippen LogP) is 5.17. The lowest BCUT2D eigenvalue weighted by Gasteiger charge is -2.11. The van der Waals surface area contributed by atoms with E-state index in [1.165, 1.54) is 6.07 Å². The highest BCUT2D eigenvalue weighted by Gasteiger charge is 2.14. The topological polar surface area (TPSA) is 35.2 Å². The van der Waals surface area contributed by atoms with Crippen LogP contribution in [-0.4, -0.2) is 0 Å². The van der Waals surface area contributed by atoms with E-state index in [4.69, 9.17) is 10.5 Å². The number of nitrogens with two attached hydrogens (primary N) is 1. The van der Waals surface area contributed by atoms with Gasteiger partial charge < -0.3 is 10.5 Å². The van der Waals surface area contributed by atoms with Gasteiger partial charge in [0.2, 0.25) is 5.82 Å². The number of benzene rings is 2. The van der Waals surface area contributed by atoms with Crippen molar-refractivity contribution in [2.45, 2.75) is 6.92 Å². The molecule has 0 aliphatic carbocycles. The second kappa shape index (κ2) is 5.46. The summed E-state index contributed by atoms with van der Waals surface area (Å²) in [5, 5.41) is 0. The van der Waals surface area contributed by atoms with E-state index in [9.17, 15) is 8.78 Å². The summed E-state index contributed by atoms with van der Waals surface area (Å²) in [5.74, 6) is -1.85. The Kier molecular flexibility index (Phi) is 4.10. The molecule has 100 valence electrons. The van der Waals surface area contributed by atoms with E-state index < -0.39 is 11.6 Å². The fourth-order valence-corrected chi connectivity index (χ4v) is 2.32. The van der Waals surface area contributed by atoms with Gasteiger partial charge >= 0.3 is 0 Å². The zero-order chi connectivity index (χ0) is 14.2. The van der Waals surface area contributed by atoms with Crippen molar-refractivity contribution in [3.8, 4) is 11.5 Å². The molecule has 0 spiro atoms. The van der Waals surface area contributed by atoms with E-state index in [-0.39, 0.29) is 5.75 Å². The summed E-state index contributed by atoms with van der Waals surface area (Å²) in [6, 6.07) is 5.69. The van der Waals surface area contributed by atoms with E-state index in [2.05, 4.69) is 31.9 Å². The minimum Gasteiger partial charge on any atom is -0.453 e. The lowest BCUT2D eigenvalue weighted by molar-refractivity contribution is 0.413. The van der Waals surface area contributed by atoms with Crippen molar-refractivity contribution < 1.29 is 13.5 Å². The highest BCUT2D eigenvalue weighted by Crippen LogP contribution is 2.35. The fraction of sp³-hybridized carbons (Fsp3) is 0.0769. The van der Waals surface area contributed by atoms with E-state index in [1.807, 2.05) is 0 Å². The highest BCUT2D eigenvalue weighted by atomic mass is 79.9. The van der Waals surface area contributed by atoms with Crippen molar-refractivity contribution in [3.63, 3.8) is 0 Å². The quantitative estimate of drug-likeness (QED) is 0.565. The molecule has 0 aliphatic rings. The van der Waals surface area contributed by atoms with Crippen LogP contribution in [0.5, 0.6) is 11.5 Å². The number of ether oxygens (including phenoxy) is 1. The standard InChI is InChI=1S/C13H9Br2F2NO/c1-6-2-11(8(15)5-10(6)18)19-12-4-7(14)3-9(16)13(12)17/h2-5H,18H2,1H3. The maximum absolute atomic E-state index is 13.6. The Hall–Kier alpha value is -1.14. The van der Waals surface area contributed by atoms with Gasteiger partial charge in [-0.1, -0.05) is 15.9 Å². The summed E-state index contributed by atoms with van der Waals surface area (Å²) in [6.07, 6.45) is 0. The number of hydrogen-bond acceptors (Lipinski definition) is 2. The Bertz CT molecular complexity index is 647. The first-order valence-electron chi connectivity index (χ1n) is 5.26. The van der Waals surface area contributed by atoms with Gasteiger partial charge in [-0.2, -0.15) is 4.39 Å². The van der Waals surface area contributed by atoms with Gasteiger partial charge in [0.05, 0.1) is 4.47 Å². The molecule has 2 rings (SSSR count). The lowest BCUT2D eigenvalue weighted by Crippen LogP contribution is -1.95. The fourth-order valence-electron chi connectivity index (χ4n) is 1.47. The van der Waals surface area contributed by atoms with Gasteiger partial charge in [-0.3, -0.25) is 0 Å². The van der Waals surface area contributed by atoms with Gasteiger partial charge in [0.15, 0.2) is 11.6 Å². The van der Waals surface area contributed by atoms with Crippen molar-refractivity contribution in [2.75, 3.05) is 5.73 Å². The molecule has 0 unspecified atom stereocenters. The zero-order valence-electron chi connectivity index (χ0n) is 9.81. The largest absolute Gasteiger partial charge is 0.453 e. The van der Waals surface area contributed by atoms with E-state index >= 15 is 0 Å². The van der Waals surface area contributed by atoms with Crippen LogP contribution in [0.1, 0.15) is 5.56 Å². The van der Waals surface area contributed by atoms with Crippen LogP contribution >= 0.6 is 31.9 Å². The van der Waals surface area contributed by atoms with E-state index in [1.54, 1.807) is 19.1 Å². The van der Waals surface area contributed by atoms with Crippen LogP contribution < -0.4 is 10.5 Å². The van der Waals surface area contributed by atoms with Crippen molar-refractivity contribution in [2.24, 2.45) is 0 Å². The van der Waals surface area contributed by atoms with Crippen LogP contribution in [0.4, 0.5) is 14.5 Å². The Morgan fingerprint density at radius 2 is 1.74 bits per heavy atom. The number of nitrogen functional groups attached to an aromatic ring is 1. The molecule has 0 radical (unpaired) electrons. The normalized spacial score (nSPS) is 10.6. The molecule has 0 saturated carbocycles. The number of rotatable bonds is 2. The second-order valence-electron chi connectivity index (χ2n) is 3.94. The summed E-state index contributed by atoms with van der Waals surface area (Å²) in [6.45, 7) is 1.80. The molecule has 2 aromatic carbocycles. The van der Waals surface area contributed by atoms with Crippen LogP contribution in [0.2, 0.25) is 0 Å². The molecule has 2 nitrogen and oxygen atoms in total. The Balaban J connectivity index is 2.44. The van der Waals surface area contributed by atoms with Crippen molar-refractivity contribution in [1.29, 1.82) is 0 Å². The van der Waals surface area contributed by atoms with Gasteiger partial charge in [0.25, 0.3) is 0 Å². The van der Waals surface area contributed by atoms with Crippen LogP contribution in [-0.2, 0) is 0 Å². The molecule has 0 aromatic heterocycles. The maximum atomic E-state index is 13.6. The SMILES string of the molecule is Cc1cc(Oc2cc(Br)cc(F)c2F)c(Br)cc1N. The van der Waals surface area contributed by atoms with Gasteiger partial charge in [-0.15, -0.1) is 0 Å². The van der Waals surface area contributed by atoms with E-state index in [0.717, 1.165) is 11.6 Å². The molecule has 0 aliphatic heterocycles. The van der Waals surface area contributed by atoms with Crippen molar-refractivity contribution in [3.05, 3.63) is 50.4 Å². The molecule has 0 bridgehead atoms. The number of aryl methyl sites for hydroxylation is 1. The first-order chi connectivity index (χ1) is 8.88. The summed E-state index contributed by atoms with van der Waals surface area (Å²) in [5.41, 5.74) is 7.10. The summed E-state index contributed by atoms with van der Waals surface area (Å²) >= 11 is 6.35. The average molecular weight is 393 g/mol. The number of hydrogen-bond donors (Lipinski definition) is 1. The molecule has 19 heavy (non-hydrogen) atoms. The van der Waals surface area contributed by atoms with Crippen LogP contribution in [0.3, 0.4) is 0 Å². The van der Waals surface area contributed by atoms with Crippen LogP contribution in [0.25, 0.3) is 0 Å². The third-order valence-corrected chi connectivity index (χ3v) is 3.58. The molecule has 0 atom stereocenters. The zero-order valence-corrected chi connectivity index (χ0v) is 13.0. The molecular weight excluding hydrogens is 384 g/mol. The first kappa shape index (κ1) is 14.3. The molecule has 0 fully saturated rings.